The molecule has 5 heteroatoms. The molecular formula is C24H28F2N2O. The first-order valence-electron chi connectivity index (χ1n) is 10.8. The molecule has 0 unspecified atom stereocenters. The van der Waals surface area contributed by atoms with E-state index in [1.807, 2.05) is 12.1 Å². The predicted octanol–water partition coefficient (Wildman–Crippen LogP) is 5.99. The fourth-order valence-electron chi connectivity index (χ4n) is 6.55. The van der Waals surface area contributed by atoms with Crippen molar-refractivity contribution in [2.45, 2.75) is 69.9 Å². The molecule has 0 bridgehead atoms. The lowest BCUT2D eigenvalue weighted by Gasteiger charge is -2.50. The van der Waals surface area contributed by atoms with Crippen LogP contribution in [0.15, 0.2) is 28.4 Å². The van der Waals surface area contributed by atoms with E-state index in [1.165, 1.54) is 49.2 Å². The Balaban J connectivity index is 1.32. The minimum Gasteiger partial charge on any atom is -0.489 e. The maximum absolute atomic E-state index is 13.8. The first-order chi connectivity index (χ1) is 13.8. The largest absolute Gasteiger partial charge is 0.489 e. The average molecular weight is 398 g/mol. The zero-order chi connectivity index (χ0) is 20.4. The van der Waals surface area contributed by atoms with E-state index >= 15 is 0 Å². The third kappa shape index (κ3) is 2.75. The van der Waals surface area contributed by atoms with Gasteiger partial charge in [-0.2, -0.15) is 8.78 Å². The van der Waals surface area contributed by atoms with Gasteiger partial charge in [-0.3, -0.25) is 0 Å². The Hall–Kier alpha value is -1.96. The maximum atomic E-state index is 13.8. The number of ether oxygens (including phenoxy) is 1. The Bertz CT molecular complexity index is 899. The second kappa shape index (κ2) is 6.27. The van der Waals surface area contributed by atoms with Crippen LogP contribution < -0.4 is 4.74 Å². The normalized spacial score (nSPS) is 36.5. The summed E-state index contributed by atoms with van der Waals surface area (Å²) < 4.78 is 33.3. The van der Waals surface area contributed by atoms with Gasteiger partial charge in [0.25, 0.3) is 5.66 Å². The van der Waals surface area contributed by atoms with Crippen LogP contribution in [0, 0.1) is 35.5 Å². The lowest BCUT2D eigenvalue weighted by Crippen LogP contribution is -2.41. The smallest absolute Gasteiger partial charge is 0.359 e. The summed E-state index contributed by atoms with van der Waals surface area (Å²) in [4.78, 5) is 0. The van der Waals surface area contributed by atoms with Crippen LogP contribution in [-0.2, 0) is 6.42 Å². The van der Waals surface area contributed by atoms with E-state index in [0.717, 1.165) is 24.2 Å². The van der Waals surface area contributed by atoms with Gasteiger partial charge in [-0.15, -0.1) is 16.7 Å². The number of terminal acetylenes is 1. The Morgan fingerprint density at radius 1 is 1.24 bits per heavy atom. The molecule has 1 aromatic carbocycles. The van der Waals surface area contributed by atoms with Gasteiger partial charge in [0.05, 0.1) is 0 Å². The third-order valence-electron chi connectivity index (χ3n) is 8.64. The third-order valence-corrected chi connectivity index (χ3v) is 8.64. The summed E-state index contributed by atoms with van der Waals surface area (Å²) in [6.07, 6.45) is 12.5. The summed E-state index contributed by atoms with van der Waals surface area (Å²) in [5.41, 5.74) is 1.35. The SMILES string of the molecule is C#CC(F)(F)C1(COc2ccc3c(c2)CC[C@@H]2[C@@H]3CC[C@]3(C)[C@@H](C)CC[C@@H]23)N=N1. The number of halogens is 2. The molecule has 4 aliphatic rings. The molecule has 0 radical (unpaired) electrons. The van der Waals surface area contributed by atoms with E-state index < -0.39 is 11.6 Å². The molecule has 154 valence electrons. The molecule has 5 rings (SSSR count). The zero-order valence-electron chi connectivity index (χ0n) is 17.1. The molecule has 5 atom stereocenters. The van der Waals surface area contributed by atoms with E-state index in [0.29, 0.717) is 17.1 Å². The highest BCUT2D eigenvalue weighted by Crippen LogP contribution is 2.62. The van der Waals surface area contributed by atoms with Gasteiger partial charge >= 0.3 is 5.92 Å². The second-order valence-corrected chi connectivity index (χ2v) is 9.82. The summed E-state index contributed by atoms with van der Waals surface area (Å²) in [7, 11) is 0. The van der Waals surface area contributed by atoms with Crippen LogP contribution in [-0.4, -0.2) is 18.2 Å². The highest BCUT2D eigenvalue weighted by Gasteiger charge is 2.62. The van der Waals surface area contributed by atoms with Gasteiger partial charge in [-0.25, -0.2) is 0 Å². The van der Waals surface area contributed by atoms with Crippen molar-refractivity contribution in [2.75, 3.05) is 6.61 Å². The first kappa shape index (κ1) is 19.0. The van der Waals surface area contributed by atoms with Crippen LogP contribution in [0.4, 0.5) is 8.78 Å². The highest BCUT2D eigenvalue weighted by molar-refractivity contribution is 5.41. The number of alkyl halides is 2. The monoisotopic (exact) mass is 398 g/mol. The van der Waals surface area contributed by atoms with Gasteiger partial charge in [-0.1, -0.05) is 19.9 Å². The quantitative estimate of drug-likeness (QED) is 0.574. The molecule has 1 heterocycles. The van der Waals surface area contributed by atoms with Crippen molar-refractivity contribution >= 4 is 0 Å². The molecule has 3 nitrogen and oxygen atoms in total. The Morgan fingerprint density at radius 3 is 2.76 bits per heavy atom. The van der Waals surface area contributed by atoms with Crippen molar-refractivity contribution in [3.63, 3.8) is 0 Å². The maximum Gasteiger partial charge on any atom is 0.359 e. The standard InChI is InChI=1S/C24H28F2N2O/c1-4-23(25,26)24(27-28-24)14-29-17-7-9-18-16(13-17)6-8-20-19(18)11-12-22(3)15(2)5-10-21(20)22/h1,7,9,13,15,19-21H,5-6,8,10-12,14H2,2-3H3/t15-,19+,20+,21-,22+/m0/s1. The lowest BCUT2D eigenvalue weighted by atomic mass is 9.54. The molecule has 1 aliphatic heterocycles. The number of hydrogen-bond acceptors (Lipinski definition) is 3. The molecule has 0 aromatic heterocycles. The number of aryl methyl sites for hydroxylation is 1. The van der Waals surface area contributed by atoms with E-state index in [2.05, 4.69) is 30.1 Å². The fraction of sp³-hybridized carbons (Fsp3) is 0.667. The molecular weight excluding hydrogens is 370 g/mol. The Labute approximate surface area is 171 Å². The van der Waals surface area contributed by atoms with Crippen molar-refractivity contribution in [1.82, 2.24) is 0 Å². The summed E-state index contributed by atoms with van der Waals surface area (Å²) in [5, 5.41) is 6.97. The van der Waals surface area contributed by atoms with Crippen molar-refractivity contribution in [1.29, 1.82) is 0 Å². The van der Waals surface area contributed by atoms with E-state index in [4.69, 9.17) is 11.2 Å². The van der Waals surface area contributed by atoms with Crippen molar-refractivity contribution in [2.24, 2.45) is 33.4 Å². The number of benzene rings is 1. The minimum absolute atomic E-state index is 0.326. The molecule has 2 fully saturated rings. The molecule has 0 amide bonds. The van der Waals surface area contributed by atoms with Crippen LogP contribution in [0.25, 0.3) is 0 Å². The Kier molecular flexibility index (Phi) is 4.11. The first-order valence-corrected chi connectivity index (χ1v) is 10.8. The molecule has 2 saturated carbocycles. The van der Waals surface area contributed by atoms with Gasteiger partial charge in [0.2, 0.25) is 0 Å². The summed E-state index contributed by atoms with van der Waals surface area (Å²) in [6, 6.07) is 6.10. The molecule has 0 N–H and O–H groups in total. The van der Waals surface area contributed by atoms with E-state index in [9.17, 15) is 8.78 Å². The van der Waals surface area contributed by atoms with E-state index in [-0.39, 0.29) is 6.61 Å². The number of nitrogens with zero attached hydrogens (tertiary/aromatic N) is 2. The molecule has 0 spiro atoms. The van der Waals surface area contributed by atoms with Gasteiger partial charge in [0.1, 0.15) is 12.4 Å². The van der Waals surface area contributed by atoms with Gasteiger partial charge in [-0.05, 0) is 96.8 Å². The molecule has 29 heavy (non-hydrogen) atoms. The number of rotatable bonds is 4. The average Bonchev–Trinajstić information content (AvgIpc) is 3.46. The second-order valence-electron chi connectivity index (χ2n) is 9.82. The highest BCUT2D eigenvalue weighted by atomic mass is 19.3. The zero-order valence-corrected chi connectivity index (χ0v) is 17.1. The van der Waals surface area contributed by atoms with Crippen molar-refractivity contribution < 1.29 is 13.5 Å². The number of hydrogen-bond donors (Lipinski definition) is 0. The summed E-state index contributed by atoms with van der Waals surface area (Å²) >= 11 is 0. The van der Waals surface area contributed by atoms with Crippen LogP contribution >= 0.6 is 0 Å². The van der Waals surface area contributed by atoms with E-state index in [1.54, 1.807) is 0 Å². The van der Waals surface area contributed by atoms with Gasteiger partial charge in [0, 0.05) is 0 Å². The van der Waals surface area contributed by atoms with Crippen LogP contribution in [0.3, 0.4) is 0 Å². The van der Waals surface area contributed by atoms with Gasteiger partial charge < -0.3 is 4.74 Å². The van der Waals surface area contributed by atoms with Crippen LogP contribution in [0.2, 0.25) is 0 Å². The minimum atomic E-state index is -3.42. The molecule has 3 aliphatic carbocycles. The number of fused-ring (bicyclic) bond motifs is 5. The van der Waals surface area contributed by atoms with Crippen LogP contribution in [0.1, 0.15) is 63.0 Å². The topological polar surface area (TPSA) is 34.0 Å². The summed E-state index contributed by atoms with van der Waals surface area (Å²) in [6.45, 7) is 4.64. The van der Waals surface area contributed by atoms with Crippen molar-refractivity contribution in [3.8, 4) is 18.1 Å². The van der Waals surface area contributed by atoms with Crippen LogP contribution in [0.5, 0.6) is 5.75 Å². The summed E-state index contributed by atoms with van der Waals surface area (Å²) in [5.74, 6) is 1.74. The Morgan fingerprint density at radius 2 is 2.03 bits per heavy atom. The van der Waals surface area contributed by atoms with Gasteiger partial charge in [0.15, 0.2) is 0 Å². The molecule has 1 aromatic rings. The fourth-order valence-corrected chi connectivity index (χ4v) is 6.55. The predicted molar refractivity (Wildman–Crippen MR) is 107 cm³/mol. The lowest BCUT2D eigenvalue weighted by molar-refractivity contribution is -0.00226. The van der Waals surface area contributed by atoms with Crippen molar-refractivity contribution in [3.05, 3.63) is 29.3 Å². The molecule has 0 saturated heterocycles.